The fourth-order valence-electron chi connectivity index (χ4n) is 2.85. The van der Waals surface area contributed by atoms with Gasteiger partial charge in [0.05, 0.1) is 12.0 Å². The van der Waals surface area contributed by atoms with Crippen LogP contribution >= 0.6 is 11.6 Å². The van der Waals surface area contributed by atoms with Gasteiger partial charge < -0.3 is 4.74 Å². The molecule has 5 nitrogen and oxygen atoms in total. The van der Waals surface area contributed by atoms with E-state index < -0.39 is 22.0 Å². The molecule has 0 bridgehead atoms. The van der Waals surface area contributed by atoms with Gasteiger partial charge in [-0.3, -0.25) is 4.79 Å². The average molecular weight is 404 g/mol. The summed E-state index contributed by atoms with van der Waals surface area (Å²) in [6.45, 7) is 0. The van der Waals surface area contributed by atoms with Crippen LogP contribution in [0.1, 0.15) is 5.56 Å². The van der Waals surface area contributed by atoms with Gasteiger partial charge in [-0.05, 0) is 35.6 Å². The molecule has 0 aromatic heterocycles. The first-order valence-corrected chi connectivity index (χ1v) is 10.1. The van der Waals surface area contributed by atoms with Crippen molar-refractivity contribution >= 4 is 38.4 Å². The molecule has 0 aliphatic heterocycles. The molecular formula is C20H18ClNO4S. The Morgan fingerprint density at radius 3 is 2.41 bits per heavy atom. The lowest BCUT2D eigenvalue weighted by atomic mass is 10.1. The van der Waals surface area contributed by atoms with Crippen LogP contribution in [-0.4, -0.2) is 27.5 Å². The fraction of sp³-hybridized carbons (Fsp3) is 0.150. The van der Waals surface area contributed by atoms with E-state index in [4.69, 9.17) is 16.3 Å². The van der Waals surface area contributed by atoms with E-state index >= 15 is 0 Å². The van der Waals surface area contributed by atoms with Crippen molar-refractivity contribution < 1.29 is 17.9 Å². The number of fused-ring (bicyclic) bond motifs is 1. The van der Waals surface area contributed by atoms with Crippen molar-refractivity contribution in [3.8, 4) is 0 Å². The van der Waals surface area contributed by atoms with E-state index in [1.165, 1.54) is 13.2 Å². The molecule has 0 radical (unpaired) electrons. The maximum absolute atomic E-state index is 13.0. The minimum Gasteiger partial charge on any atom is -0.468 e. The van der Waals surface area contributed by atoms with Crippen LogP contribution in [0.25, 0.3) is 10.8 Å². The third kappa shape index (κ3) is 4.47. The molecule has 0 saturated carbocycles. The van der Waals surface area contributed by atoms with Gasteiger partial charge in [0.1, 0.15) is 6.04 Å². The molecule has 7 heteroatoms. The van der Waals surface area contributed by atoms with Crippen molar-refractivity contribution in [2.75, 3.05) is 7.11 Å². The van der Waals surface area contributed by atoms with Crippen molar-refractivity contribution in [2.45, 2.75) is 17.4 Å². The molecule has 3 aromatic rings. The molecule has 1 atom stereocenters. The fourth-order valence-corrected chi connectivity index (χ4v) is 4.39. The third-order valence-electron chi connectivity index (χ3n) is 4.18. The maximum atomic E-state index is 13.0. The Hall–Kier alpha value is -2.41. The summed E-state index contributed by atoms with van der Waals surface area (Å²) in [6, 6.07) is 18.0. The molecule has 0 fully saturated rings. The number of ether oxygens (including phenoxy) is 1. The number of rotatable bonds is 6. The van der Waals surface area contributed by atoms with Gasteiger partial charge >= 0.3 is 5.97 Å². The lowest BCUT2D eigenvalue weighted by Gasteiger charge is -2.17. The SMILES string of the molecule is COC(=O)C(Cc1ccc(Cl)cc1)NS(=O)(=O)c1cccc2ccccc12. The van der Waals surface area contributed by atoms with Gasteiger partial charge in [-0.15, -0.1) is 0 Å². The zero-order chi connectivity index (χ0) is 19.4. The van der Waals surface area contributed by atoms with Crippen molar-refractivity contribution in [2.24, 2.45) is 0 Å². The lowest BCUT2D eigenvalue weighted by Crippen LogP contribution is -2.43. The second-order valence-electron chi connectivity index (χ2n) is 6.00. The Kier molecular flexibility index (Phi) is 5.79. The Morgan fingerprint density at radius 2 is 1.70 bits per heavy atom. The Morgan fingerprint density at radius 1 is 1.04 bits per heavy atom. The molecule has 1 N–H and O–H groups in total. The molecule has 0 heterocycles. The number of benzene rings is 3. The van der Waals surface area contributed by atoms with Crippen LogP contribution in [0.2, 0.25) is 5.02 Å². The Bertz CT molecular complexity index is 1060. The largest absolute Gasteiger partial charge is 0.468 e. The van der Waals surface area contributed by atoms with Crippen molar-refractivity contribution in [1.82, 2.24) is 4.72 Å². The zero-order valence-electron chi connectivity index (χ0n) is 14.6. The summed E-state index contributed by atoms with van der Waals surface area (Å²) in [7, 11) is -2.72. The van der Waals surface area contributed by atoms with E-state index in [0.717, 1.165) is 10.9 Å². The van der Waals surface area contributed by atoms with Gasteiger partial charge in [0.15, 0.2) is 0 Å². The van der Waals surface area contributed by atoms with Crippen molar-refractivity contribution in [1.29, 1.82) is 0 Å². The monoisotopic (exact) mass is 403 g/mol. The number of sulfonamides is 1. The molecule has 0 amide bonds. The van der Waals surface area contributed by atoms with Crippen LogP contribution in [-0.2, 0) is 26.0 Å². The smallest absolute Gasteiger partial charge is 0.324 e. The molecule has 0 saturated heterocycles. The highest BCUT2D eigenvalue weighted by Crippen LogP contribution is 2.23. The first-order chi connectivity index (χ1) is 12.9. The van der Waals surface area contributed by atoms with Crippen LogP contribution in [0, 0.1) is 0 Å². The predicted octanol–water partition coefficient (Wildman–Crippen LogP) is 3.56. The number of hydrogen-bond donors (Lipinski definition) is 1. The van der Waals surface area contributed by atoms with Gasteiger partial charge in [0.25, 0.3) is 0 Å². The second kappa shape index (κ2) is 8.08. The van der Waals surface area contributed by atoms with E-state index in [9.17, 15) is 13.2 Å². The number of hydrogen-bond acceptors (Lipinski definition) is 4. The van der Waals surface area contributed by atoms with Crippen LogP contribution in [0.5, 0.6) is 0 Å². The van der Waals surface area contributed by atoms with Crippen LogP contribution in [0.4, 0.5) is 0 Å². The van der Waals surface area contributed by atoms with E-state index in [1.807, 2.05) is 18.2 Å². The maximum Gasteiger partial charge on any atom is 0.324 e. The summed E-state index contributed by atoms with van der Waals surface area (Å²) in [6.07, 6.45) is 0.147. The normalized spacial score (nSPS) is 12.7. The standard InChI is InChI=1S/C20H18ClNO4S/c1-26-20(23)18(13-14-9-11-16(21)12-10-14)22-27(24,25)19-8-4-6-15-5-2-3-7-17(15)19/h2-12,18,22H,13H2,1H3. The van der Waals surface area contributed by atoms with E-state index in [0.29, 0.717) is 10.4 Å². The summed E-state index contributed by atoms with van der Waals surface area (Å²) < 4.78 is 33.2. The van der Waals surface area contributed by atoms with Gasteiger partial charge in [-0.1, -0.05) is 60.1 Å². The highest BCUT2D eigenvalue weighted by molar-refractivity contribution is 7.89. The minimum absolute atomic E-state index is 0.116. The number of carbonyl (C=O) groups excluding carboxylic acids is 1. The number of halogens is 1. The predicted molar refractivity (Wildman–Crippen MR) is 105 cm³/mol. The van der Waals surface area contributed by atoms with Gasteiger partial charge in [0.2, 0.25) is 10.0 Å². The van der Waals surface area contributed by atoms with Gasteiger partial charge in [-0.25, -0.2) is 8.42 Å². The van der Waals surface area contributed by atoms with E-state index in [-0.39, 0.29) is 11.3 Å². The first kappa shape index (κ1) is 19.4. The molecule has 1 unspecified atom stereocenters. The van der Waals surface area contributed by atoms with Crippen LogP contribution in [0.3, 0.4) is 0 Å². The molecule has 140 valence electrons. The molecule has 0 aliphatic carbocycles. The first-order valence-electron chi connectivity index (χ1n) is 8.23. The highest BCUT2D eigenvalue weighted by atomic mass is 35.5. The lowest BCUT2D eigenvalue weighted by molar-refractivity contribution is -0.142. The molecule has 0 spiro atoms. The summed E-state index contributed by atoms with van der Waals surface area (Å²) in [5.74, 6) is -0.659. The summed E-state index contributed by atoms with van der Waals surface area (Å²) in [4.78, 5) is 12.3. The Labute approximate surface area is 163 Å². The van der Waals surface area contributed by atoms with E-state index in [2.05, 4.69) is 4.72 Å². The number of esters is 1. The van der Waals surface area contributed by atoms with Gasteiger partial charge in [-0.2, -0.15) is 4.72 Å². The second-order valence-corrected chi connectivity index (χ2v) is 8.12. The topological polar surface area (TPSA) is 72.5 Å². The van der Waals surface area contributed by atoms with Gasteiger partial charge in [0, 0.05) is 10.4 Å². The molecule has 3 rings (SSSR count). The molecule has 0 aliphatic rings. The van der Waals surface area contributed by atoms with Crippen molar-refractivity contribution in [3.63, 3.8) is 0 Å². The third-order valence-corrected chi connectivity index (χ3v) is 5.96. The van der Waals surface area contributed by atoms with Crippen molar-refractivity contribution in [3.05, 3.63) is 77.3 Å². The molecule has 3 aromatic carbocycles. The summed E-state index contributed by atoms with van der Waals surface area (Å²) in [5, 5.41) is 1.94. The quantitative estimate of drug-likeness (QED) is 0.639. The van der Waals surface area contributed by atoms with E-state index in [1.54, 1.807) is 42.5 Å². The Balaban J connectivity index is 1.94. The molecule has 27 heavy (non-hydrogen) atoms. The number of carbonyl (C=O) groups is 1. The van der Waals surface area contributed by atoms with Crippen LogP contribution in [0.15, 0.2) is 71.6 Å². The highest BCUT2D eigenvalue weighted by Gasteiger charge is 2.27. The average Bonchev–Trinajstić information content (AvgIpc) is 2.68. The number of methoxy groups -OCH3 is 1. The summed E-state index contributed by atoms with van der Waals surface area (Å²) in [5.41, 5.74) is 0.760. The minimum atomic E-state index is -3.95. The molecular weight excluding hydrogens is 386 g/mol. The summed E-state index contributed by atoms with van der Waals surface area (Å²) >= 11 is 5.88. The zero-order valence-corrected chi connectivity index (χ0v) is 16.1. The number of nitrogens with one attached hydrogen (secondary N) is 1. The van der Waals surface area contributed by atoms with Crippen LogP contribution < -0.4 is 4.72 Å².